The summed E-state index contributed by atoms with van der Waals surface area (Å²) in [5, 5.41) is 0.837. The van der Waals surface area contributed by atoms with E-state index in [4.69, 9.17) is 4.74 Å². The van der Waals surface area contributed by atoms with Crippen LogP contribution in [0, 0.1) is 5.92 Å². The molecule has 0 fully saturated rings. The number of amides is 1. The average molecular weight is 388 g/mol. The van der Waals surface area contributed by atoms with E-state index in [0.29, 0.717) is 30.8 Å². The largest absolute Gasteiger partial charge is 0.497 e. The Balaban J connectivity index is 1.81. The number of hydrogen-bond acceptors (Lipinski definition) is 3. The van der Waals surface area contributed by atoms with Gasteiger partial charge >= 0.3 is 0 Å². The maximum absolute atomic E-state index is 13.6. The number of hydrogen-bond donors (Lipinski definition) is 0. The molecule has 0 saturated heterocycles. The highest BCUT2D eigenvalue weighted by Gasteiger charge is 2.37. The predicted octanol–water partition coefficient (Wildman–Crippen LogP) is 4.22. The minimum absolute atomic E-state index is 0.0160. The SMILES string of the molecule is C=CCC1CN(Cc2ccc(OC)cc2)C(=O)c2c(c3ccccc3n2C)C1=O. The van der Waals surface area contributed by atoms with Crippen LogP contribution >= 0.6 is 0 Å². The van der Waals surface area contributed by atoms with Crippen LogP contribution in [0.4, 0.5) is 0 Å². The van der Waals surface area contributed by atoms with E-state index in [2.05, 4.69) is 6.58 Å². The average Bonchev–Trinajstić information content (AvgIpc) is 2.99. The summed E-state index contributed by atoms with van der Waals surface area (Å²) in [6.45, 7) is 4.62. The van der Waals surface area contributed by atoms with Gasteiger partial charge in [0.15, 0.2) is 5.78 Å². The topological polar surface area (TPSA) is 51.5 Å². The lowest BCUT2D eigenvalue weighted by Gasteiger charge is -2.24. The minimum atomic E-state index is -0.304. The molecule has 0 radical (unpaired) electrons. The van der Waals surface area contributed by atoms with Crippen molar-refractivity contribution in [3.63, 3.8) is 0 Å². The molecule has 1 atom stereocenters. The second kappa shape index (κ2) is 7.59. The van der Waals surface area contributed by atoms with Gasteiger partial charge in [0.25, 0.3) is 5.91 Å². The van der Waals surface area contributed by atoms with E-state index >= 15 is 0 Å². The lowest BCUT2D eigenvalue weighted by Crippen LogP contribution is -2.35. The Hall–Kier alpha value is -3.34. The molecule has 2 heterocycles. The molecule has 1 unspecified atom stereocenters. The summed E-state index contributed by atoms with van der Waals surface area (Å²) in [4.78, 5) is 28.8. The molecular weight excluding hydrogens is 364 g/mol. The van der Waals surface area contributed by atoms with Crippen molar-refractivity contribution in [1.29, 1.82) is 0 Å². The smallest absolute Gasteiger partial charge is 0.271 e. The van der Waals surface area contributed by atoms with Gasteiger partial charge in [-0.2, -0.15) is 0 Å². The number of ether oxygens (including phenoxy) is 1. The standard InChI is InChI=1S/C24H24N2O3/c1-4-7-17-15-26(14-16-10-12-18(29-3)13-11-16)24(28)22-21(23(17)27)19-8-5-6-9-20(19)25(22)2/h4-6,8-13,17H,1,7,14-15H2,2-3H3. The van der Waals surface area contributed by atoms with Crippen LogP contribution in [0.15, 0.2) is 61.2 Å². The van der Waals surface area contributed by atoms with E-state index in [-0.39, 0.29) is 17.6 Å². The Kier molecular flexibility index (Phi) is 4.97. The first-order valence-electron chi connectivity index (χ1n) is 9.70. The van der Waals surface area contributed by atoms with Crippen LogP contribution in [0.2, 0.25) is 0 Å². The van der Waals surface area contributed by atoms with Crippen molar-refractivity contribution in [2.45, 2.75) is 13.0 Å². The predicted molar refractivity (Wildman–Crippen MR) is 113 cm³/mol. The highest BCUT2D eigenvalue weighted by Crippen LogP contribution is 2.33. The lowest BCUT2D eigenvalue weighted by atomic mass is 9.93. The number of aryl methyl sites for hydroxylation is 1. The summed E-state index contributed by atoms with van der Waals surface area (Å²) in [6.07, 6.45) is 2.29. The van der Waals surface area contributed by atoms with Gasteiger partial charge in [-0.05, 0) is 30.2 Å². The van der Waals surface area contributed by atoms with Gasteiger partial charge in [0, 0.05) is 37.0 Å². The molecule has 1 aliphatic rings. The Morgan fingerprint density at radius 2 is 1.86 bits per heavy atom. The first-order chi connectivity index (χ1) is 14.0. The van der Waals surface area contributed by atoms with Crippen molar-refractivity contribution < 1.29 is 14.3 Å². The first-order valence-corrected chi connectivity index (χ1v) is 9.70. The highest BCUT2D eigenvalue weighted by atomic mass is 16.5. The number of Topliss-reactive ketones (excluding diaryl/α,β-unsaturated/α-hetero) is 1. The quantitative estimate of drug-likeness (QED) is 0.615. The summed E-state index contributed by atoms with van der Waals surface area (Å²) in [6, 6.07) is 15.4. The van der Waals surface area contributed by atoms with Crippen molar-refractivity contribution in [2.75, 3.05) is 13.7 Å². The molecule has 0 N–H and O–H groups in total. The number of allylic oxidation sites excluding steroid dienone is 1. The Morgan fingerprint density at radius 1 is 1.14 bits per heavy atom. The molecular formula is C24H24N2O3. The maximum Gasteiger partial charge on any atom is 0.271 e. The van der Waals surface area contributed by atoms with Crippen molar-refractivity contribution in [1.82, 2.24) is 9.47 Å². The van der Waals surface area contributed by atoms with Gasteiger partial charge in [0.1, 0.15) is 11.4 Å². The zero-order valence-electron chi connectivity index (χ0n) is 16.7. The van der Waals surface area contributed by atoms with Crippen molar-refractivity contribution in [3.8, 4) is 5.75 Å². The summed E-state index contributed by atoms with van der Waals surface area (Å²) >= 11 is 0. The molecule has 1 amide bonds. The fourth-order valence-corrected chi connectivity index (χ4v) is 4.15. The van der Waals surface area contributed by atoms with E-state index in [1.165, 1.54) is 0 Å². The van der Waals surface area contributed by atoms with Crippen molar-refractivity contribution in [2.24, 2.45) is 13.0 Å². The van der Waals surface area contributed by atoms with Gasteiger partial charge in [-0.15, -0.1) is 6.58 Å². The van der Waals surface area contributed by atoms with E-state index in [0.717, 1.165) is 22.2 Å². The number of rotatable bonds is 5. The molecule has 0 aliphatic carbocycles. The van der Waals surface area contributed by atoms with Gasteiger partial charge in [-0.1, -0.05) is 36.4 Å². The monoisotopic (exact) mass is 388 g/mol. The highest BCUT2D eigenvalue weighted by molar-refractivity contribution is 6.18. The van der Waals surface area contributed by atoms with Crippen LogP contribution in [0.1, 0.15) is 32.8 Å². The minimum Gasteiger partial charge on any atom is -0.497 e. The van der Waals surface area contributed by atoms with Gasteiger partial charge in [0.05, 0.1) is 12.7 Å². The van der Waals surface area contributed by atoms with Gasteiger partial charge in [-0.3, -0.25) is 9.59 Å². The normalized spacial score (nSPS) is 16.6. The molecule has 1 aromatic heterocycles. The van der Waals surface area contributed by atoms with Gasteiger partial charge < -0.3 is 14.2 Å². The molecule has 3 aromatic rings. The summed E-state index contributed by atoms with van der Waals surface area (Å²) in [5.41, 5.74) is 2.89. The van der Waals surface area contributed by atoms with Crippen LogP contribution in [-0.2, 0) is 13.6 Å². The van der Waals surface area contributed by atoms with Crippen molar-refractivity contribution >= 4 is 22.6 Å². The third-order valence-corrected chi connectivity index (χ3v) is 5.64. The first kappa shape index (κ1) is 19.0. The number of carbonyl (C=O) groups excluding carboxylic acids is 2. The number of ketones is 1. The molecule has 0 spiro atoms. The zero-order valence-corrected chi connectivity index (χ0v) is 16.7. The fraction of sp³-hybridized carbons (Fsp3) is 0.250. The third kappa shape index (κ3) is 3.23. The van der Waals surface area contributed by atoms with E-state index in [1.54, 1.807) is 18.1 Å². The van der Waals surface area contributed by atoms with Crippen molar-refractivity contribution in [3.05, 3.63) is 78.0 Å². The summed E-state index contributed by atoms with van der Waals surface area (Å²) < 4.78 is 7.07. The van der Waals surface area contributed by atoms with Crippen LogP contribution in [0.25, 0.3) is 10.9 Å². The third-order valence-electron chi connectivity index (χ3n) is 5.64. The van der Waals surface area contributed by atoms with E-state index in [1.807, 2.05) is 60.1 Å². The van der Waals surface area contributed by atoms with Gasteiger partial charge in [0.2, 0.25) is 0 Å². The van der Waals surface area contributed by atoms with Crippen LogP contribution in [0.5, 0.6) is 5.75 Å². The second-order valence-corrected chi connectivity index (χ2v) is 7.42. The molecule has 148 valence electrons. The van der Waals surface area contributed by atoms with Crippen LogP contribution in [0.3, 0.4) is 0 Å². The zero-order chi connectivity index (χ0) is 20.5. The molecule has 29 heavy (non-hydrogen) atoms. The number of benzene rings is 2. The number of carbonyl (C=O) groups is 2. The number of aromatic nitrogens is 1. The molecule has 4 rings (SSSR count). The Bertz CT molecular complexity index is 1100. The lowest BCUT2D eigenvalue weighted by molar-refractivity contribution is 0.0705. The van der Waals surface area contributed by atoms with Gasteiger partial charge in [-0.25, -0.2) is 0 Å². The van der Waals surface area contributed by atoms with Crippen LogP contribution in [-0.4, -0.2) is 34.8 Å². The Morgan fingerprint density at radius 3 is 2.55 bits per heavy atom. The van der Waals surface area contributed by atoms with E-state index < -0.39 is 0 Å². The Labute approximate surface area is 170 Å². The van der Waals surface area contributed by atoms with E-state index in [9.17, 15) is 9.59 Å². The summed E-state index contributed by atoms with van der Waals surface area (Å²) in [5.74, 6) is 0.366. The molecule has 2 aromatic carbocycles. The number of nitrogens with zero attached hydrogens (tertiary/aromatic N) is 2. The molecule has 5 nitrogen and oxygen atoms in total. The molecule has 0 saturated carbocycles. The fourth-order valence-electron chi connectivity index (χ4n) is 4.15. The number of para-hydroxylation sites is 1. The number of fused-ring (bicyclic) bond motifs is 3. The molecule has 5 heteroatoms. The summed E-state index contributed by atoms with van der Waals surface area (Å²) in [7, 11) is 3.48. The second-order valence-electron chi connectivity index (χ2n) is 7.42. The van der Waals surface area contributed by atoms with Crippen LogP contribution < -0.4 is 4.74 Å². The molecule has 0 bridgehead atoms. The molecule has 1 aliphatic heterocycles. The maximum atomic E-state index is 13.6. The number of methoxy groups -OCH3 is 1.